The Labute approximate surface area is 109 Å². The Bertz CT molecular complexity index is 584. The van der Waals surface area contributed by atoms with Gasteiger partial charge < -0.3 is 9.47 Å². The Morgan fingerprint density at radius 2 is 1.65 bits per heavy atom. The third kappa shape index (κ3) is 1.75. The number of rotatable bonds is 1. The Hall–Kier alpha value is -1.32. The van der Waals surface area contributed by atoms with Crippen LogP contribution < -0.4 is 9.47 Å². The summed E-state index contributed by atoms with van der Waals surface area (Å²) in [6.45, 7) is 0. The van der Waals surface area contributed by atoms with E-state index < -0.39 is 0 Å². The number of halogens is 1. The van der Waals surface area contributed by atoms with E-state index in [0.717, 1.165) is 4.90 Å². The highest BCUT2D eigenvalue weighted by atomic mass is 35.5. The summed E-state index contributed by atoms with van der Waals surface area (Å²) >= 11 is 7.85. The molecule has 0 amide bonds. The molecular weight excluding hydrogens is 256 g/mol. The van der Waals surface area contributed by atoms with Gasteiger partial charge in [0, 0.05) is 4.90 Å². The number of benzene rings is 2. The highest BCUT2D eigenvalue weighted by Crippen LogP contribution is 2.50. The van der Waals surface area contributed by atoms with Gasteiger partial charge in [-0.15, -0.1) is 11.8 Å². The predicted molar refractivity (Wildman–Crippen MR) is 69.8 cm³/mol. The zero-order valence-corrected chi connectivity index (χ0v) is 10.6. The Morgan fingerprint density at radius 3 is 2.35 bits per heavy atom. The summed E-state index contributed by atoms with van der Waals surface area (Å²) in [5.74, 6) is 2.66. The standard InChI is InChI=1S/C13H9ClO2S/c1-17-11-7-6-10-13(12(11)14)16-9-5-3-2-4-8(9)15-10/h2-7H,1H3. The van der Waals surface area contributed by atoms with Crippen LogP contribution >= 0.6 is 23.4 Å². The monoisotopic (exact) mass is 264 g/mol. The van der Waals surface area contributed by atoms with Gasteiger partial charge in [0.05, 0.1) is 0 Å². The molecule has 0 aliphatic carbocycles. The minimum atomic E-state index is 0.595. The molecule has 1 aliphatic heterocycles. The van der Waals surface area contributed by atoms with Gasteiger partial charge in [-0.05, 0) is 30.5 Å². The molecule has 0 aromatic heterocycles. The van der Waals surface area contributed by atoms with Crippen molar-refractivity contribution in [2.75, 3.05) is 6.26 Å². The van der Waals surface area contributed by atoms with Gasteiger partial charge >= 0.3 is 0 Å². The maximum absolute atomic E-state index is 6.27. The normalized spacial score (nSPS) is 12.1. The van der Waals surface area contributed by atoms with Crippen LogP contribution in [0.4, 0.5) is 0 Å². The van der Waals surface area contributed by atoms with Crippen molar-refractivity contribution in [2.24, 2.45) is 0 Å². The van der Waals surface area contributed by atoms with E-state index in [1.54, 1.807) is 11.8 Å². The molecule has 0 N–H and O–H groups in total. The highest BCUT2D eigenvalue weighted by molar-refractivity contribution is 7.98. The summed E-state index contributed by atoms with van der Waals surface area (Å²) in [6.07, 6.45) is 1.98. The average Bonchev–Trinajstić information content (AvgIpc) is 2.37. The Kier molecular flexibility index (Phi) is 2.65. The molecule has 1 heterocycles. The van der Waals surface area contributed by atoms with Gasteiger partial charge in [-0.1, -0.05) is 23.7 Å². The van der Waals surface area contributed by atoms with E-state index in [1.807, 2.05) is 42.7 Å². The van der Waals surface area contributed by atoms with Gasteiger partial charge in [0.1, 0.15) is 5.02 Å². The molecule has 0 spiro atoms. The molecule has 0 atom stereocenters. The maximum Gasteiger partial charge on any atom is 0.189 e. The molecule has 3 rings (SSSR count). The van der Waals surface area contributed by atoms with E-state index >= 15 is 0 Å². The predicted octanol–water partition coefficient (Wildman–Crippen LogP) is 4.96. The first-order valence-electron chi connectivity index (χ1n) is 5.11. The molecule has 17 heavy (non-hydrogen) atoms. The minimum Gasteiger partial charge on any atom is -0.449 e. The Morgan fingerprint density at radius 1 is 0.941 bits per heavy atom. The molecule has 2 aromatic carbocycles. The molecule has 2 aromatic rings. The molecule has 0 saturated heterocycles. The van der Waals surface area contributed by atoms with Crippen LogP contribution in [0.1, 0.15) is 0 Å². The second-order valence-corrected chi connectivity index (χ2v) is 4.79. The van der Waals surface area contributed by atoms with Gasteiger partial charge in [-0.2, -0.15) is 0 Å². The van der Waals surface area contributed by atoms with Crippen LogP contribution in [-0.2, 0) is 0 Å². The summed E-state index contributed by atoms with van der Waals surface area (Å²) in [5.41, 5.74) is 0. The van der Waals surface area contributed by atoms with E-state index in [1.165, 1.54) is 0 Å². The van der Waals surface area contributed by atoms with Gasteiger partial charge in [-0.3, -0.25) is 0 Å². The first-order valence-corrected chi connectivity index (χ1v) is 6.71. The van der Waals surface area contributed by atoms with Crippen molar-refractivity contribution in [1.82, 2.24) is 0 Å². The van der Waals surface area contributed by atoms with E-state index in [4.69, 9.17) is 21.1 Å². The maximum atomic E-state index is 6.27. The van der Waals surface area contributed by atoms with Gasteiger partial charge in [0.15, 0.2) is 23.0 Å². The van der Waals surface area contributed by atoms with Crippen molar-refractivity contribution in [3.63, 3.8) is 0 Å². The fourth-order valence-corrected chi connectivity index (χ4v) is 2.60. The van der Waals surface area contributed by atoms with Crippen LogP contribution in [0, 0.1) is 0 Å². The largest absolute Gasteiger partial charge is 0.449 e. The van der Waals surface area contributed by atoms with Crippen molar-refractivity contribution >= 4 is 23.4 Å². The van der Waals surface area contributed by atoms with Crippen LogP contribution in [0.15, 0.2) is 41.3 Å². The fourth-order valence-electron chi connectivity index (χ4n) is 1.70. The lowest BCUT2D eigenvalue weighted by molar-refractivity contribution is 0.359. The van der Waals surface area contributed by atoms with Gasteiger partial charge in [0.2, 0.25) is 0 Å². The quantitative estimate of drug-likeness (QED) is 0.579. The zero-order valence-electron chi connectivity index (χ0n) is 9.07. The molecule has 0 radical (unpaired) electrons. The van der Waals surface area contributed by atoms with Crippen molar-refractivity contribution in [3.05, 3.63) is 41.4 Å². The SMILES string of the molecule is CSc1ccc2c(c1Cl)Oc1ccccc1O2. The second-order valence-electron chi connectivity index (χ2n) is 3.56. The van der Waals surface area contributed by atoms with Gasteiger partial charge in [-0.25, -0.2) is 0 Å². The molecule has 0 saturated carbocycles. The Balaban J connectivity index is 2.12. The van der Waals surface area contributed by atoms with Gasteiger partial charge in [0.25, 0.3) is 0 Å². The summed E-state index contributed by atoms with van der Waals surface area (Å²) in [6, 6.07) is 11.4. The van der Waals surface area contributed by atoms with E-state index in [0.29, 0.717) is 28.0 Å². The van der Waals surface area contributed by atoms with Crippen LogP contribution in [0.3, 0.4) is 0 Å². The number of ether oxygens (including phenoxy) is 2. The summed E-state index contributed by atoms with van der Waals surface area (Å²) in [4.78, 5) is 0.980. The van der Waals surface area contributed by atoms with Crippen LogP contribution in [0.5, 0.6) is 23.0 Å². The molecule has 1 aliphatic rings. The lowest BCUT2D eigenvalue weighted by Crippen LogP contribution is -1.99. The molecule has 0 bridgehead atoms. The number of para-hydroxylation sites is 2. The van der Waals surface area contributed by atoms with Crippen molar-refractivity contribution in [3.8, 4) is 23.0 Å². The van der Waals surface area contributed by atoms with E-state index in [2.05, 4.69) is 0 Å². The van der Waals surface area contributed by atoms with E-state index in [9.17, 15) is 0 Å². The number of hydrogen-bond acceptors (Lipinski definition) is 3. The fraction of sp³-hybridized carbons (Fsp3) is 0.0769. The van der Waals surface area contributed by atoms with Crippen LogP contribution in [-0.4, -0.2) is 6.26 Å². The molecule has 0 fully saturated rings. The molecule has 2 nitrogen and oxygen atoms in total. The molecule has 0 unspecified atom stereocenters. The van der Waals surface area contributed by atoms with Crippen LogP contribution in [0.2, 0.25) is 5.02 Å². The van der Waals surface area contributed by atoms with Crippen LogP contribution in [0.25, 0.3) is 0 Å². The third-order valence-electron chi connectivity index (χ3n) is 2.53. The summed E-state index contributed by atoms with van der Waals surface area (Å²) in [7, 11) is 0. The summed E-state index contributed by atoms with van der Waals surface area (Å²) in [5, 5.41) is 0.601. The number of thioether (sulfide) groups is 1. The van der Waals surface area contributed by atoms with E-state index in [-0.39, 0.29) is 0 Å². The molecular formula is C13H9ClO2S. The topological polar surface area (TPSA) is 18.5 Å². The molecule has 86 valence electrons. The summed E-state index contributed by atoms with van der Waals surface area (Å²) < 4.78 is 11.5. The number of hydrogen-bond donors (Lipinski definition) is 0. The second kappa shape index (κ2) is 4.17. The first kappa shape index (κ1) is 10.8. The minimum absolute atomic E-state index is 0.595. The highest BCUT2D eigenvalue weighted by Gasteiger charge is 2.22. The third-order valence-corrected chi connectivity index (χ3v) is 3.79. The average molecular weight is 265 g/mol. The van der Waals surface area contributed by atoms with Crippen molar-refractivity contribution in [1.29, 1.82) is 0 Å². The van der Waals surface area contributed by atoms with Crippen molar-refractivity contribution < 1.29 is 9.47 Å². The lowest BCUT2D eigenvalue weighted by atomic mass is 10.2. The number of fused-ring (bicyclic) bond motifs is 2. The molecule has 4 heteroatoms. The van der Waals surface area contributed by atoms with Crippen molar-refractivity contribution in [2.45, 2.75) is 4.90 Å². The smallest absolute Gasteiger partial charge is 0.189 e. The lowest BCUT2D eigenvalue weighted by Gasteiger charge is -2.21. The zero-order chi connectivity index (χ0) is 11.8. The first-order chi connectivity index (χ1) is 8.29.